The Kier molecular flexibility index (Phi) is 3.47. The third kappa shape index (κ3) is 2.67. The molecule has 3 heteroatoms. The van der Waals surface area contributed by atoms with Gasteiger partial charge in [-0.05, 0) is 5.56 Å². The van der Waals surface area contributed by atoms with Crippen LogP contribution in [0.15, 0.2) is 30.3 Å². The third-order valence-corrected chi connectivity index (χ3v) is 4.80. The second-order valence-corrected chi connectivity index (χ2v) is 10.1. The Morgan fingerprint density at radius 2 is 1.64 bits per heavy atom. The van der Waals surface area contributed by atoms with Gasteiger partial charge in [-0.15, -0.1) is 0 Å². The van der Waals surface area contributed by atoms with E-state index in [4.69, 9.17) is 5.73 Å². The summed E-state index contributed by atoms with van der Waals surface area (Å²) in [5.74, 6) is 0. The van der Waals surface area contributed by atoms with Crippen molar-refractivity contribution in [1.29, 1.82) is 0 Å². The van der Waals surface area contributed by atoms with Crippen molar-refractivity contribution in [2.24, 2.45) is 5.73 Å². The summed E-state index contributed by atoms with van der Waals surface area (Å²) in [6.45, 7) is 6.51. The van der Waals surface area contributed by atoms with Gasteiger partial charge in [-0.25, -0.2) is 0 Å². The van der Waals surface area contributed by atoms with Crippen LogP contribution in [-0.2, 0) is 0 Å². The first-order valence-electron chi connectivity index (χ1n) is 4.91. The summed E-state index contributed by atoms with van der Waals surface area (Å²) in [5, 5.41) is 10.0. The zero-order valence-corrected chi connectivity index (χ0v) is 10.1. The van der Waals surface area contributed by atoms with E-state index in [0.717, 1.165) is 5.56 Å². The van der Waals surface area contributed by atoms with E-state index in [1.165, 1.54) is 0 Å². The van der Waals surface area contributed by atoms with Gasteiger partial charge in [-0.2, -0.15) is 0 Å². The van der Waals surface area contributed by atoms with Crippen LogP contribution in [0.25, 0.3) is 0 Å². The first-order chi connectivity index (χ1) is 6.43. The maximum absolute atomic E-state index is 10.0. The van der Waals surface area contributed by atoms with E-state index < -0.39 is 14.2 Å². The molecule has 0 heterocycles. The highest BCUT2D eigenvalue weighted by molar-refractivity contribution is 6.77. The zero-order valence-electron chi connectivity index (χ0n) is 9.07. The van der Waals surface area contributed by atoms with Crippen LogP contribution < -0.4 is 5.73 Å². The van der Waals surface area contributed by atoms with E-state index in [2.05, 4.69) is 19.6 Å². The van der Waals surface area contributed by atoms with Gasteiger partial charge in [0.15, 0.2) is 0 Å². The lowest BCUT2D eigenvalue weighted by atomic mass is 10.1. The van der Waals surface area contributed by atoms with Crippen LogP contribution in [0.4, 0.5) is 0 Å². The fourth-order valence-corrected chi connectivity index (χ4v) is 2.47. The Balaban J connectivity index is 2.81. The maximum Gasteiger partial charge on any atom is 0.0913 e. The van der Waals surface area contributed by atoms with Crippen LogP contribution in [0, 0.1) is 0 Å². The lowest BCUT2D eigenvalue weighted by Gasteiger charge is -2.29. The first kappa shape index (κ1) is 11.4. The van der Waals surface area contributed by atoms with Crippen LogP contribution in [0.2, 0.25) is 19.6 Å². The zero-order chi connectivity index (χ0) is 10.8. The van der Waals surface area contributed by atoms with Crippen molar-refractivity contribution in [3.05, 3.63) is 35.9 Å². The Morgan fingerprint density at radius 3 is 2.07 bits per heavy atom. The fourth-order valence-electron chi connectivity index (χ4n) is 1.33. The number of nitrogens with two attached hydrogens (primary N) is 1. The predicted octanol–water partition coefficient (Wildman–Crippen LogP) is 1.92. The minimum atomic E-state index is -1.48. The standard InChI is InChI=1S/C11H19NOSi/c1-14(2,3)11(12)10(13)9-7-5-4-6-8-9/h4-8,10-11,13H,12H2,1-3H3/t10-,11+/m0/s1. The molecule has 0 aromatic heterocycles. The molecule has 1 aromatic rings. The summed E-state index contributed by atoms with van der Waals surface area (Å²) in [7, 11) is -1.48. The monoisotopic (exact) mass is 209 g/mol. The third-order valence-electron chi connectivity index (χ3n) is 2.48. The summed E-state index contributed by atoms with van der Waals surface area (Å²) in [4.78, 5) is 0. The summed E-state index contributed by atoms with van der Waals surface area (Å²) in [6, 6.07) is 9.64. The molecule has 0 saturated heterocycles. The molecule has 0 fully saturated rings. The van der Waals surface area contributed by atoms with Crippen molar-refractivity contribution >= 4 is 8.07 Å². The number of hydrogen-bond acceptors (Lipinski definition) is 2. The van der Waals surface area contributed by atoms with Gasteiger partial charge in [0.05, 0.1) is 14.2 Å². The highest BCUT2D eigenvalue weighted by Gasteiger charge is 2.29. The molecule has 0 aliphatic heterocycles. The molecule has 2 atom stereocenters. The number of benzene rings is 1. The van der Waals surface area contributed by atoms with Gasteiger partial charge in [0.1, 0.15) is 0 Å². The number of rotatable bonds is 3. The van der Waals surface area contributed by atoms with E-state index in [9.17, 15) is 5.11 Å². The van der Waals surface area contributed by atoms with Crippen LogP contribution in [0.3, 0.4) is 0 Å². The molecular weight excluding hydrogens is 190 g/mol. The van der Waals surface area contributed by atoms with E-state index in [0.29, 0.717) is 0 Å². The topological polar surface area (TPSA) is 46.2 Å². The van der Waals surface area contributed by atoms with Gasteiger partial charge < -0.3 is 10.8 Å². The van der Waals surface area contributed by atoms with Crippen LogP contribution in [-0.4, -0.2) is 18.8 Å². The van der Waals surface area contributed by atoms with E-state index in [1.807, 2.05) is 30.3 Å². The van der Waals surface area contributed by atoms with E-state index in [1.54, 1.807) is 0 Å². The van der Waals surface area contributed by atoms with Gasteiger partial charge in [0.25, 0.3) is 0 Å². The lowest BCUT2D eigenvalue weighted by Crippen LogP contribution is -2.49. The Labute approximate surface area is 86.8 Å². The smallest absolute Gasteiger partial charge is 0.0913 e. The minimum Gasteiger partial charge on any atom is -0.387 e. The molecule has 0 spiro atoms. The first-order valence-corrected chi connectivity index (χ1v) is 8.49. The minimum absolute atomic E-state index is 0.107. The molecule has 14 heavy (non-hydrogen) atoms. The van der Waals surface area contributed by atoms with Crippen LogP contribution >= 0.6 is 0 Å². The highest BCUT2D eigenvalue weighted by atomic mass is 28.3. The molecule has 0 saturated carbocycles. The molecule has 1 aromatic carbocycles. The van der Waals surface area contributed by atoms with Gasteiger partial charge in [0.2, 0.25) is 0 Å². The average Bonchev–Trinajstić information content (AvgIpc) is 2.15. The largest absolute Gasteiger partial charge is 0.387 e. The van der Waals surface area contributed by atoms with E-state index >= 15 is 0 Å². The molecule has 2 nitrogen and oxygen atoms in total. The maximum atomic E-state index is 10.0. The molecule has 0 aliphatic rings. The SMILES string of the molecule is C[Si](C)(C)[C@@H](N)[C@@H](O)c1ccccc1. The van der Waals surface area contributed by atoms with Crippen molar-refractivity contribution in [2.75, 3.05) is 0 Å². The molecule has 0 aliphatic carbocycles. The van der Waals surface area contributed by atoms with Gasteiger partial charge in [0, 0.05) is 5.67 Å². The Morgan fingerprint density at radius 1 is 1.14 bits per heavy atom. The van der Waals surface area contributed by atoms with Crippen molar-refractivity contribution < 1.29 is 5.11 Å². The molecule has 0 amide bonds. The predicted molar refractivity (Wildman–Crippen MR) is 62.7 cm³/mol. The van der Waals surface area contributed by atoms with Gasteiger partial charge >= 0.3 is 0 Å². The number of hydrogen-bond donors (Lipinski definition) is 2. The fraction of sp³-hybridized carbons (Fsp3) is 0.455. The normalized spacial score (nSPS) is 16.4. The summed E-state index contributed by atoms with van der Waals surface area (Å²) in [6.07, 6.45) is -0.525. The quantitative estimate of drug-likeness (QED) is 0.747. The second-order valence-electron chi connectivity index (χ2n) is 4.75. The Hall–Kier alpha value is -0.643. The molecular formula is C11H19NOSi. The van der Waals surface area contributed by atoms with Gasteiger partial charge in [-0.1, -0.05) is 50.0 Å². The molecule has 1 rings (SSSR count). The Bertz CT molecular complexity index is 281. The summed E-state index contributed by atoms with van der Waals surface area (Å²) < 4.78 is 0. The van der Waals surface area contributed by atoms with Crippen LogP contribution in [0.1, 0.15) is 11.7 Å². The highest BCUT2D eigenvalue weighted by Crippen LogP contribution is 2.21. The number of aliphatic hydroxyl groups is 1. The molecule has 0 bridgehead atoms. The summed E-state index contributed by atoms with van der Waals surface area (Å²) in [5.41, 5.74) is 6.85. The van der Waals surface area contributed by atoms with Crippen molar-refractivity contribution in [1.82, 2.24) is 0 Å². The van der Waals surface area contributed by atoms with Crippen molar-refractivity contribution in [3.8, 4) is 0 Å². The van der Waals surface area contributed by atoms with Crippen LogP contribution in [0.5, 0.6) is 0 Å². The number of aliphatic hydroxyl groups excluding tert-OH is 1. The van der Waals surface area contributed by atoms with Gasteiger partial charge in [-0.3, -0.25) is 0 Å². The molecule has 78 valence electrons. The lowest BCUT2D eigenvalue weighted by molar-refractivity contribution is 0.170. The molecule has 0 unspecified atom stereocenters. The van der Waals surface area contributed by atoms with Crippen molar-refractivity contribution in [2.45, 2.75) is 31.4 Å². The van der Waals surface area contributed by atoms with E-state index in [-0.39, 0.29) is 5.67 Å². The average molecular weight is 209 g/mol. The molecule has 0 radical (unpaired) electrons. The molecule has 3 N–H and O–H groups in total. The second kappa shape index (κ2) is 4.25. The van der Waals surface area contributed by atoms with Crippen molar-refractivity contribution in [3.63, 3.8) is 0 Å². The summed E-state index contributed by atoms with van der Waals surface area (Å²) >= 11 is 0.